The van der Waals surface area contributed by atoms with Gasteiger partial charge in [0, 0.05) is 7.05 Å². The largest absolute Gasteiger partial charge is 0.493 e. The van der Waals surface area contributed by atoms with Crippen LogP contribution in [0.5, 0.6) is 11.5 Å². The van der Waals surface area contributed by atoms with E-state index in [0.29, 0.717) is 18.1 Å². The predicted molar refractivity (Wildman–Crippen MR) is 69.0 cm³/mol. The summed E-state index contributed by atoms with van der Waals surface area (Å²) < 4.78 is 12.6. The Kier molecular flexibility index (Phi) is 4.01. The molecule has 0 aliphatic carbocycles. The third-order valence-electron chi connectivity index (χ3n) is 2.83. The summed E-state index contributed by atoms with van der Waals surface area (Å²) in [5.74, 6) is 1.91. The minimum absolute atomic E-state index is 0.306. The summed E-state index contributed by atoms with van der Waals surface area (Å²) in [6.45, 7) is 2.01. The van der Waals surface area contributed by atoms with Crippen molar-refractivity contribution >= 4 is 0 Å². The van der Waals surface area contributed by atoms with Gasteiger partial charge in [-0.05, 0) is 24.6 Å². The van der Waals surface area contributed by atoms with Gasteiger partial charge in [-0.2, -0.15) is 5.10 Å². The number of aliphatic hydroxyl groups is 1. The first-order valence-corrected chi connectivity index (χ1v) is 5.93. The molecule has 0 radical (unpaired) electrons. The van der Waals surface area contributed by atoms with Crippen LogP contribution in [0.25, 0.3) is 0 Å². The molecule has 0 spiro atoms. The fourth-order valence-electron chi connectivity index (χ4n) is 1.66. The normalized spacial score (nSPS) is 12.2. The molecule has 6 nitrogen and oxygen atoms in total. The smallest absolute Gasteiger partial charge is 0.164 e. The van der Waals surface area contributed by atoms with Crippen LogP contribution < -0.4 is 9.47 Å². The van der Waals surface area contributed by atoms with E-state index in [2.05, 4.69) is 10.1 Å². The van der Waals surface area contributed by atoms with Crippen molar-refractivity contribution in [2.45, 2.75) is 19.6 Å². The van der Waals surface area contributed by atoms with Crippen LogP contribution in [0.4, 0.5) is 0 Å². The second kappa shape index (κ2) is 5.71. The zero-order chi connectivity index (χ0) is 13.8. The van der Waals surface area contributed by atoms with Crippen molar-refractivity contribution in [3.63, 3.8) is 0 Å². The lowest BCUT2D eigenvalue weighted by Gasteiger charge is -2.13. The molecule has 0 aliphatic rings. The molecule has 19 heavy (non-hydrogen) atoms. The molecule has 2 rings (SSSR count). The highest BCUT2D eigenvalue weighted by atomic mass is 16.5. The minimum Gasteiger partial charge on any atom is -0.493 e. The van der Waals surface area contributed by atoms with Crippen LogP contribution in [0.15, 0.2) is 24.5 Å². The van der Waals surface area contributed by atoms with E-state index in [1.54, 1.807) is 44.0 Å². The first kappa shape index (κ1) is 13.4. The fraction of sp³-hybridized carbons (Fsp3) is 0.385. The maximum Gasteiger partial charge on any atom is 0.164 e. The highest BCUT2D eigenvalue weighted by molar-refractivity contribution is 5.43. The molecule has 0 saturated heterocycles. The quantitative estimate of drug-likeness (QED) is 0.884. The van der Waals surface area contributed by atoms with E-state index in [1.807, 2.05) is 0 Å². The number of ether oxygens (including phenoxy) is 2. The standard InChI is InChI=1S/C13H17N3O3/c1-9(17)10-4-5-11(12(6-10)18-3)19-7-13-14-8-15-16(13)2/h4-6,8-9,17H,7H2,1-3H3/t9-/m0/s1. The van der Waals surface area contributed by atoms with Gasteiger partial charge in [0.15, 0.2) is 17.3 Å². The Morgan fingerprint density at radius 1 is 1.37 bits per heavy atom. The Hall–Kier alpha value is -2.08. The van der Waals surface area contributed by atoms with Crippen molar-refractivity contribution in [2.24, 2.45) is 7.05 Å². The molecule has 0 saturated carbocycles. The van der Waals surface area contributed by atoms with E-state index >= 15 is 0 Å². The van der Waals surface area contributed by atoms with Crippen molar-refractivity contribution in [3.8, 4) is 11.5 Å². The maximum atomic E-state index is 9.53. The summed E-state index contributed by atoms with van der Waals surface area (Å²) in [6.07, 6.45) is 0.939. The Bertz CT molecular complexity index is 552. The summed E-state index contributed by atoms with van der Waals surface area (Å²) in [6, 6.07) is 5.34. The highest BCUT2D eigenvalue weighted by Crippen LogP contribution is 2.30. The Morgan fingerprint density at radius 2 is 2.16 bits per heavy atom. The zero-order valence-corrected chi connectivity index (χ0v) is 11.2. The lowest BCUT2D eigenvalue weighted by atomic mass is 10.1. The number of benzene rings is 1. The van der Waals surface area contributed by atoms with Gasteiger partial charge in [-0.25, -0.2) is 4.98 Å². The molecule has 0 aliphatic heterocycles. The summed E-state index contributed by atoms with van der Waals surface area (Å²) >= 11 is 0. The lowest BCUT2D eigenvalue weighted by Crippen LogP contribution is -2.05. The van der Waals surface area contributed by atoms with E-state index < -0.39 is 6.10 Å². The lowest BCUT2D eigenvalue weighted by molar-refractivity contribution is 0.198. The van der Waals surface area contributed by atoms with Crippen LogP contribution in [-0.2, 0) is 13.7 Å². The third kappa shape index (κ3) is 3.03. The number of aromatic nitrogens is 3. The molecule has 0 bridgehead atoms. The molecule has 102 valence electrons. The second-order valence-electron chi connectivity index (χ2n) is 4.17. The van der Waals surface area contributed by atoms with Gasteiger partial charge in [0.25, 0.3) is 0 Å². The van der Waals surface area contributed by atoms with Crippen LogP contribution in [-0.4, -0.2) is 27.0 Å². The summed E-state index contributed by atoms with van der Waals surface area (Å²) in [4.78, 5) is 4.08. The minimum atomic E-state index is -0.540. The molecule has 0 unspecified atom stereocenters. The van der Waals surface area contributed by atoms with Gasteiger partial charge in [-0.15, -0.1) is 0 Å². The van der Waals surface area contributed by atoms with Gasteiger partial charge in [-0.3, -0.25) is 4.68 Å². The predicted octanol–water partition coefficient (Wildman–Crippen LogP) is 1.46. The van der Waals surface area contributed by atoms with E-state index in [4.69, 9.17) is 9.47 Å². The van der Waals surface area contributed by atoms with E-state index in [9.17, 15) is 5.11 Å². The Morgan fingerprint density at radius 3 is 2.74 bits per heavy atom. The monoisotopic (exact) mass is 263 g/mol. The zero-order valence-electron chi connectivity index (χ0n) is 11.2. The Labute approximate surface area is 111 Å². The third-order valence-corrected chi connectivity index (χ3v) is 2.83. The molecule has 6 heteroatoms. The molecule has 1 heterocycles. The number of aryl methyl sites for hydroxylation is 1. The molecule has 1 aromatic heterocycles. The second-order valence-corrected chi connectivity index (χ2v) is 4.17. The first-order chi connectivity index (χ1) is 9.11. The van der Waals surface area contributed by atoms with Gasteiger partial charge in [0.1, 0.15) is 12.9 Å². The topological polar surface area (TPSA) is 69.4 Å². The molecule has 0 amide bonds. The van der Waals surface area contributed by atoms with E-state index in [0.717, 1.165) is 11.4 Å². The highest BCUT2D eigenvalue weighted by Gasteiger charge is 2.10. The average Bonchev–Trinajstić information content (AvgIpc) is 2.81. The van der Waals surface area contributed by atoms with Gasteiger partial charge in [-0.1, -0.05) is 6.07 Å². The molecule has 2 aromatic rings. The van der Waals surface area contributed by atoms with E-state index in [-0.39, 0.29) is 0 Å². The van der Waals surface area contributed by atoms with Crippen LogP contribution in [0.1, 0.15) is 24.4 Å². The van der Waals surface area contributed by atoms with E-state index in [1.165, 1.54) is 6.33 Å². The molecular formula is C13H17N3O3. The van der Waals surface area contributed by atoms with Crippen LogP contribution >= 0.6 is 0 Å². The van der Waals surface area contributed by atoms with Crippen molar-refractivity contribution in [1.82, 2.24) is 14.8 Å². The van der Waals surface area contributed by atoms with Crippen molar-refractivity contribution in [2.75, 3.05) is 7.11 Å². The molecule has 1 atom stereocenters. The average molecular weight is 263 g/mol. The summed E-state index contributed by atoms with van der Waals surface area (Å²) in [5.41, 5.74) is 0.780. The molecule has 1 N–H and O–H groups in total. The molecular weight excluding hydrogens is 246 g/mol. The Balaban J connectivity index is 2.14. The van der Waals surface area contributed by atoms with Gasteiger partial charge in [0.05, 0.1) is 13.2 Å². The van der Waals surface area contributed by atoms with Crippen molar-refractivity contribution < 1.29 is 14.6 Å². The number of aliphatic hydroxyl groups excluding tert-OH is 1. The number of hydrogen-bond donors (Lipinski definition) is 1. The number of hydrogen-bond acceptors (Lipinski definition) is 5. The molecule has 1 aromatic carbocycles. The van der Waals surface area contributed by atoms with Crippen LogP contribution in [0.2, 0.25) is 0 Å². The fourth-order valence-corrected chi connectivity index (χ4v) is 1.66. The first-order valence-electron chi connectivity index (χ1n) is 5.93. The number of nitrogens with zero attached hydrogens (tertiary/aromatic N) is 3. The summed E-state index contributed by atoms with van der Waals surface area (Å²) in [5, 5.41) is 13.5. The van der Waals surface area contributed by atoms with Gasteiger partial charge >= 0.3 is 0 Å². The van der Waals surface area contributed by atoms with Crippen molar-refractivity contribution in [1.29, 1.82) is 0 Å². The summed E-state index contributed by atoms with van der Waals surface area (Å²) in [7, 11) is 3.37. The van der Waals surface area contributed by atoms with Crippen LogP contribution in [0.3, 0.4) is 0 Å². The van der Waals surface area contributed by atoms with Crippen LogP contribution in [0, 0.1) is 0 Å². The van der Waals surface area contributed by atoms with Crippen molar-refractivity contribution in [3.05, 3.63) is 35.9 Å². The molecule has 0 fully saturated rings. The SMILES string of the molecule is COc1cc([C@H](C)O)ccc1OCc1ncnn1C. The van der Waals surface area contributed by atoms with Gasteiger partial charge < -0.3 is 14.6 Å². The van der Waals surface area contributed by atoms with Gasteiger partial charge in [0.2, 0.25) is 0 Å². The maximum absolute atomic E-state index is 9.53. The number of rotatable bonds is 5. The number of methoxy groups -OCH3 is 1.